The molecule has 0 radical (unpaired) electrons. The molecule has 0 aromatic heterocycles. The van der Waals surface area contributed by atoms with Crippen LogP contribution in [0.15, 0.2) is 24.3 Å². The summed E-state index contributed by atoms with van der Waals surface area (Å²) < 4.78 is 32.4. The molecule has 46 heavy (non-hydrogen) atoms. The third-order valence-electron chi connectivity index (χ3n) is 8.88. The minimum atomic E-state index is -4.35. The van der Waals surface area contributed by atoms with Crippen LogP contribution in [0.4, 0.5) is 0 Å². The fourth-order valence-corrected chi connectivity index (χ4v) is 6.67. The smallest absolute Gasteiger partial charge is 0.267 e. The molecule has 0 saturated heterocycles. The van der Waals surface area contributed by atoms with Gasteiger partial charge in [0, 0.05) is 6.42 Å². The van der Waals surface area contributed by atoms with E-state index in [1.807, 2.05) is 6.08 Å². The highest BCUT2D eigenvalue weighted by atomic mass is 32.2. The van der Waals surface area contributed by atoms with Crippen molar-refractivity contribution in [2.75, 3.05) is 5.75 Å². The van der Waals surface area contributed by atoms with Crippen LogP contribution in [0.3, 0.4) is 0 Å². The molecule has 0 aliphatic heterocycles. The number of carbonyl (C=O) groups excluding carboxylic acids is 1. The fraction of sp³-hybridized carbons (Fsp3) is 0.872. The number of aliphatic hydroxyl groups is 1. The summed E-state index contributed by atoms with van der Waals surface area (Å²) in [5, 5.41) is 13.2. The molecule has 0 heterocycles. The Morgan fingerprint density at radius 2 is 0.935 bits per heavy atom. The van der Waals surface area contributed by atoms with Gasteiger partial charge in [-0.05, 0) is 32.1 Å². The van der Waals surface area contributed by atoms with Gasteiger partial charge in [0.1, 0.15) is 0 Å². The first kappa shape index (κ1) is 44.8. The Kier molecular flexibility index (Phi) is 32.8. The molecule has 0 aliphatic carbocycles. The largest absolute Gasteiger partial charge is 0.387 e. The van der Waals surface area contributed by atoms with Crippen molar-refractivity contribution >= 4 is 16.0 Å². The number of amides is 1. The number of rotatable bonds is 35. The van der Waals surface area contributed by atoms with Crippen molar-refractivity contribution in [2.45, 2.75) is 212 Å². The minimum absolute atomic E-state index is 0.286. The van der Waals surface area contributed by atoms with E-state index in [2.05, 4.69) is 31.3 Å². The third kappa shape index (κ3) is 34.2. The molecule has 7 heteroatoms. The van der Waals surface area contributed by atoms with Gasteiger partial charge < -0.3 is 10.4 Å². The number of allylic oxidation sites excluding steroid dienone is 3. The van der Waals surface area contributed by atoms with Crippen LogP contribution in [0.1, 0.15) is 200 Å². The normalized spacial score (nSPS) is 13.6. The van der Waals surface area contributed by atoms with E-state index in [-0.39, 0.29) is 5.91 Å². The first-order valence-electron chi connectivity index (χ1n) is 19.5. The van der Waals surface area contributed by atoms with Crippen molar-refractivity contribution in [3.8, 4) is 0 Å². The molecule has 6 nitrogen and oxygen atoms in total. The molecular weight excluding hydrogens is 594 g/mol. The molecule has 0 aromatic carbocycles. The predicted molar refractivity (Wildman–Crippen MR) is 198 cm³/mol. The van der Waals surface area contributed by atoms with E-state index in [9.17, 15) is 22.9 Å². The summed E-state index contributed by atoms with van der Waals surface area (Å²) in [7, 11) is -4.35. The summed E-state index contributed by atoms with van der Waals surface area (Å²) >= 11 is 0. The van der Waals surface area contributed by atoms with Gasteiger partial charge in [0.05, 0.1) is 17.9 Å². The molecule has 0 rings (SSSR count). The van der Waals surface area contributed by atoms with Gasteiger partial charge in [0.15, 0.2) is 0 Å². The maximum absolute atomic E-state index is 12.5. The highest BCUT2D eigenvalue weighted by molar-refractivity contribution is 7.85. The highest BCUT2D eigenvalue weighted by Crippen LogP contribution is 2.15. The van der Waals surface area contributed by atoms with E-state index in [1.165, 1.54) is 147 Å². The molecule has 0 spiro atoms. The highest BCUT2D eigenvalue weighted by Gasteiger charge is 2.24. The Balaban J connectivity index is 3.97. The lowest BCUT2D eigenvalue weighted by molar-refractivity contribution is -0.122. The van der Waals surface area contributed by atoms with Crippen LogP contribution in [0.2, 0.25) is 0 Å². The Bertz CT molecular complexity index is 826. The van der Waals surface area contributed by atoms with Crippen LogP contribution in [0.5, 0.6) is 0 Å². The zero-order valence-corrected chi connectivity index (χ0v) is 31.0. The van der Waals surface area contributed by atoms with E-state index in [0.717, 1.165) is 38.5 Å². The van der Waals surface area contributed by atoms with Gasteiger partial charge in [0.25, 0.3) is 10.1 Å². The molecule has 272 valence electrons. The zero-order valence-electron chi connectivity index (χ0n) is 30.2. The Morgan fingerprint density at radius 1 is 0.565 bits per heavy atom. The van der Waals surface area contributed by atoms with Crippen LogP contribution in [-0.2, 0) is 14.9 Å². The van der Waals surface area contributed by atoms with Crippen molar-refractivity contribution in [1.29, 1.82) is 0 Å². The molecule has 0 fully saturated rings. The topological polar surface area (TPSA) is 104 Å². The molecule has 0 aliphatic rings. The number of hydrogen-bond donors (Lipinski definition) is 3. The number of carbonyl (C=O) groups is 1. The molecule has 0 bridgehead atoms. The van der Waals surface area contributed by atoms with E-state index in [0.29, 0.717) is 6.42 Å². The second-order valence-corrected chi connectivity index (χ2v) is 15.1. The summed E-state index contributed by atoms with van der Waals surface area (Å²) in [5.74, 6) is -0.993. The van der Waals surface area contributed by atoms with Crippen LogP contribution in [0, 0.1) is 0 Å². The first-order chi connectivity index (χ1) is 22.3. The van der Waals surface area contributed by atoms with E-state index < -0.39 is 28.0 Å². The van der Waals surface area contributed by atoms with Crippen molar-refractivity contribution in [3.63, 3.8) is 0 Å². The molecule has 0 aromatic rings. The first-order valence-corrected chi connectivity index (χ1v) is 21.1. The molecule has 2 atom stereocenters. The number of aliphatic hydroxyl groups excluding tert-OH is 1. The predicted octanol–water partition coefficient (Wildman–Crippen LogP) is 11.2. The van der Waals surface area contributed by atoms with Gasteiger partial charge in [-0.1, -0.05) is 186 Å². The second kappa shape index (κ2) is 33.7. The van der Waals surface area contributed by atoms with E-state index in [4.69, 9.17) is 0 Å². The maximum Gasteiger partial charge on any atom is 0.267 e. The average Bonchev–Trinajstić information content (AvgIpc) is 3.01. The van der Waals surface area contributed by atoms with Crippen LogP contribution in [-0.4, -0.2) is 41.9 Å². The molecular formula is C39H75NO5S. The second-order valence-electron chi connectivity index (χ2n) is 13.6. The van der Waals surface area contributed by atoms with Gasteiger partial charge >= 0.3 is 0 Å². The minimum Gasteiger partial charge on any atom is -0.387 e. The van der Waals surface area contributed by atoms with Crippen molar-refractivity contribution < 1.29 is 22.9 Å². The van der Waals surface area contributed by atoms with Crippen molar-refractivity contribution in [3.05, 3.63) is 24.3 Å². The average molecular weight is 670 g/mol. The van der Waals surface area contributed by atoms with Gasteiger partial charge in [-0.15, -0.1) is 0 Å². The Hall–Kier alpha value is -1.18. The Labute approximate surface area is 285 Å². The zero-order chi connectivity index (χ0) is 34.0. The fourth-order valence-electron chi connectivity index (χ4n) is 5.94. The summed E-state index contributed by atoms with van der Waals surface area (Å²) in [4.78, 5) is 12.5. The summed E-state index contributed by atoms with van der Waals surface area (Å²) in [6.07, 6.45) is 41.6. The number of nitrogens with one attached hydrogen (secondary N) is 1. The van der Waals surface area contributed by atoms with Gasteiger partial charge in [-0.25, -0.2) is 0 Å². The van der Waals surface area contributed by atoms with Gasteiger partial charge in [0.2, 0.25) is 5.91 Å². The van der Waals surface area contributed by atoms with Gasteiger partial charge in [-0.3, -0.25) is 9.35 Å². The quantitative estimate of drug-likeness (QED) is 0.0354. The monoisotopic (exact) mass is 670 g/mol. The summed E-state index contributed by atoms with van der Waals surface area (Å²) in [6, 6.07) is -1.07. The van der Waals surface area contributed by atoms with Crippen LogP contribution < -0.4 is 5.32 Å². The molecule has 1 amide bonds. The van der Waals surface area contributed by atoms with Gasteiger partial charge in [-0.2, -0.15) is 8.42 Å². The maximum atomic E-state index is 12.5. The molecule has 3 N–H and O–H groups in total. The van der Waals surface area contributed by atoms with Crippen LogP contribution >= 0.6 is 0 Å². The van der Waals surface area contributed by atoms with E-state index >= 15 is 0 Å². The molecule has 2 unspecified atom stereocenters. The molecule has 0 saturated carbocycles. The van der Waals surface area contributed by atoms with Crippen molar-refractivity contribution in [2.24, 2.45) is 0 Å². The standard InChI is InChI=1S/C39H75NO5S/c1-3-5-7-9-11-13-15-17-19-21-23-25-27-29-31-33-35-39(42)40-37(36-46(43,44)45)38(41)34-32-30-28-26-24-22-20-18-16-14-12-10-8-6-4-2/h24,26,32,34,37-38,41H,3-23,25,27-31,33,35-36H2,1-2H3,(H,40,42)(H,43,44,45)/b26-24+,34-32+. The SMILES string of the molecule is CCCCCCCCCCC/C=C/CC/C=C/C(O)C(CS(=O)(=O)O)NC(=O)CCCCCCCCCCCCCCCCCC. The lowest BCUT2D eigenvalue weighted by atomic mass is 10.0. The lowest BCUT2D eigenvalue weighted by Crippen LogP contribution is -2.46. The van der Waals surface area contributed by atoms with E-state index in [1.54, 1.807) is 0 Å². The lowest BCUT2D eigenvalue weighted by Gasteiger charge is -2.21. The third-order valence-corrected chi connectivity index (χ3v) is 9.66. The Morgan fingerprint density at radius 3 is 1.37 bits per heavy atom. The number of unbranched alkanes of at least 4 members (excludes halogenated alkanes) is 25. The van der Waals surface area contributed by atoms with Crippen LogP contribution in [0.25, 0.3) is 0 Å². The number of hydrogen-bond acceptors (Lipinski definition) is 4. The summed E-state index contributed by atoms with van der Waals surface area (Å²) in [5.41, 5.74) is 0. The summed E-state index contributed by atoms with van der Waals surface area (Å²) in [6.45, 7) is 4.51. The van der Waals surface area contributed by atoms with Crippen molar-refractivity contribution in [1.82, 2.24) is 5.32 Å².